The van der Waals surface area contributed by atoms with Gasteiger partial charge in [0, 0.05) is 68.4 Å². The van der Waals surface area contributed by atoms with Crippen molar-refractivity contribution >= 4 is 40.7 Å². The van der Waals surface area contributed by atoms with Gasteiger partial charge in [0.25, 0.3) is 5.91 Å². The summed E-state index contributed by atoms with van der Waals surface area (Å²) in [5.41, 5.74) is 5.32. The first-order valence-electron chi connectivity index (χ1n) is 13.6. The third-order valence-corrected chi connectivity index (χ3v) is 7.79. The van der Waals surface area contributed by atoms with Crippen molar-refractivity contribution < 1.29 is 14.3 Å². The summed E-state index contributed by atoms with van der Waals surface area (Å²) in [7, 11) is 2.16. The number of nitrogens with zero attached hydrogens (tertiary/aromatic N) is 4. The zero-order valence-corrected chi connectivity index (χ0v) is 22.2. The molecule has 2 fully saturated rings. The number of nitrogens with one attached hydrogen (secondary N) is 2. The van der Waals surface area contributed by atoms with Gasteiger partial charge in [0.15, 0.2) is 6.10 Å². The highest BCUT2D eigenvalue weighted by Gasteiger charge is 2.33. The largest absolute Gasteiger partial charge is 0.499 e. The van der Waals surface area contributed by atoms with Crippen LogP contribution in [0.2, 0.25) is 0 Å². The Balaban J connectivity index is 1.36. The summed E-state index contributed by atoms with van der Waals surface area (Å²) in [5.74, 6) is 0.705. The second kappa shape index (κ2) is 11.0. The van der Waals surface area contributed by atoms with Gasteiger partial charge in [-0.25, -0.2) is 0 Å². The number of likely N-dealkylation sites (N-methyl/N-ethyl adjacent to an activating group) is 1. The van der Waals surface area contributed by atoms with E-state index in [4.69, 9.17) is 14.9 Å². The molecule has 4 heterocycles. The molecule has 4 bridgehead atoms. The Morgan fingerprint density at radius 1 is 1.08 bits per heavy atom. The van der Waals surface area contributed by atoms with Crippen molar-refractivity contribution in [3.05, 3.63) is 65.0 Å². The molecule has 2 aromatic carbocycles. The van der Waals surface area contributed by atoms with Crippen LogP contribution in [0.25, 0.3) is 28.6 Å². The van der Waals surface area contributed by atoms with Crippen molar-refractivity contribution in [3.8, 4) is 5.75 Å². The molecule has 0 spiro atoms. The summed E-state index contributed by atoms with van der Waals surface area (Å²) >= 11 is 0. The van der Waals surface area contributed by atoms with E-state index in [2.05, 4.69) is 45.2 Å². The van der Waals surface area contributed by atoms with E-state index >= 15 is 0 Å². The fourth-order valence-corrected chi connectivity index (χ4v) is 5.38. The van der Waals surface area contributed by atoms with Crippen LogP contribution >= 0.6 is 0 Å². The van der Waals surface area contributed by atoms with Gasteiger partial charge < -0.3 is 24.7 Å². The highest BCUT2D eigenvalue weighted by Crippen LogP contribution is 2.29. The highest BCUT2D eigenvalue weighted by molar-refractivity contribution is 6.09. The summed E-state index contributed by atoms with van der Waals surface area (Å²) in [4.78, 5) is 19.8. The monoisotopic (exact) mass is 526 g/mol. The van der Waals surface area contributed by atoms with Crippen LogP contribution in [0.5, 0.6) is 5.75 Å². The van der Waals surface area contributed by atoms with E-state index in [1.54, 1.807) is 11.2 Å². The molecule has 0 radical (unpaired) electrons. The summed E-state index contributed by atoms with van der Waals surface area (Å²) in [6.07, 6.45) is 7.00. The Morgan fingerprint density at radius 3 is 2.79 bits per heavy atom. The van der Waals surface area contributed by atoms with E-state index < -0.39 is 6.10 Å². The van der Waals surface area contributed by atoms with E-state index in [9.17, 15) is 4.79 Å². The number of hydrogen-bond donors (Lipinski definition) is 2. The van der Waals surface area contributed by atoms with E-state index in [0.717, 1.165) is 66.2 Å². The fourth-order valence-electron chi connectivity index (χ4n) is 5.38. The summed E-state index contributed by atoms with van der Waals surface area (Å²) < 4.78 is 12.2. The van der Waals surface area contributed by atoms with Gasteiger partial charge >= 0.3 is 0 Å². The smallest absolute Gasteiger partial charge is 0.263 e. The Kier molecular flexibility index (Phi) is 7.17. The molecule has 2 saturated heterocycles. The number of allylic oxidation sites excluding steroid dienone is 1. The molecule has 0 saturated carbocycles. The van der Waals surface area contributed by atoms with Gasteiger partial charge in [0.2, 0.25) is 0 Å². The van der Waals surface area contributed by atoms with Crippen molar-refractivity contribution in [3.63, 3.8) is 0 Å². The number of ether oxygens (including phenoxy) is 2. The van der Waals surface area contributed by atoms with Crippen molar-refractivity contribution in [2.24, 2.45) is 0 Å². The zero-order chi connectivity index (χ0) is 26.8. The molecule has 1 atom stereocenters. The maximum atomic E-state index is 13.2. The number of aromatic nitrogens is 2. The standard InChI is InChI=1S/C30H34N6O3/c1-34-10-12-35(13-11-34)19-21-2-3-22-4-6-26-25-17-23(5-7-27(25)33-32-26)24(18-31)20-38-15-14-36-9-8-28(30(36)37)39-29(22)16-21/h2-7,16-18,20,28,31H,8-15,19H2,1H3,(H,32,33)/b6-4+,24-20?,31-18?. The van der Waals surface area contributed by atoms with Crippen LogP contribution in [-0.2, 0) is 16.1 Å². The molecule has 202 valence electrons. The minimum absolute atomic E-state index is 0.0134. The normalized spacial score (nSPS) is 21.7. The first kappa shape index (κ1) is 25.3. The van der Waals surface area contributed by atoms with E-state index in [1.165, 1.54) is 11.8 Å². The molecule has 6 rings (SSSR count). The number of piperazine rings is 1. The number of H-pyrrole nitrogens is 1. The molecule has 1 unspecified atom stereocenters. The fraction of sp³-hybridized carbons (Fsp3) is 0.367. The number of fused-ring (bicyclic) bond motifs is 4. The van der Waals surface area contributed by atoms with Gasteiger partial charge in [-0.3, -0.25) is 14.8 Å². The number of benzene rings is 2. The Morgan fingerprint density at radius 2 is 1.95 bits per heavy atom. The van der Waals surface area contributed by atoms with Crippen molar-refractivity contribution in [1.82, 2.24) is 24.9 Å². The molecule has 9 heteroatoms. The number of carbonyl (C=O) groups excluding carboxylic acids is 1. The first-order valence-corrected chi connectivity index (χ1v) is 13.6. The maximum Gasteiger partial charge on any atom is 0.263 e. The number of rotatable bonds is 3. The number of aromatic amines is 1. The summed E-state index contributed by atoms with van der Waals surface area (Å²) in [5, 5.41) is 16.4. The van der Waals surface area contributed by atoms with Crippen molar-refractivity contribution in [2.45, 2.75) is 19.1 Å². The quantitative estimate of drug-likeness (QED) is 0.507. The van der Waals surface area contributed by atoms with Gasteiger partial charge in [0.1, 0.15) is 12.4 Å². The molecule has 2 N–H and O–H groups in total. The van der Waals surface area contributed by atoms with Gasteiger partial charge in [-0.05, 0) is 48.5 Å². The molecule has 3 aromatic rings. The summed E-state index contributed by atoms with van der Waals surface area (Å²) in [6.45, 7) is 6.52. The van der Waals surface area contributed by atoms with Crippen molar-refractivity contribution in [2.75, 3.05) is 52.9 Å². The van der Waals surface area contributed by atoms with Crippen LogP contribution in [0, 0.1) is 5.41 Å². The van der Waals surface area contributed by atoms with Crippen LogP contribution in [0.15, 0.2) is 42.7 Å². The molecule has 1 aromatic heterocycles. The predicted octanol–water partition coefficient (Wildman–Crippen LogP) is 3.48. The van der Waals surface area contributed by atoms with Gasteiger partial charge in [0.05, 0.1) is 24.0 Å². The second-order valence-corrected chi connectivity index (χ2v) is 10.5. The topological polar surface area (TPSA) is 97.8 Å². The average Bonchev–Trinajstić information content (AvgIpc) is 3.51. The molecular weight excluding hydrogens is 492 g/mol. The molecule has 3 aliphatic heterocycles. The Labute approximate surface area is 228 Å². The van der Waals surface area contributed by atoms with Crippen LogP contribution in [0.3, 0.4) is 0 Å². The van der Waals surface area contributed by atoms with Crippen LogP contribution in [0.4, 0.5) is 0 Å². The lowest BCUT2D eigenvalue weighted by Gasteiger charge is -2.32. The van der Waals surface area contributed by atoms with E-state index in [-0.39, 0.29) is 5.91 Å². The van der Waals surface area contributed by atoms with Gasteiger partial charge in [-0.1, -0.05) is 18.2 Å². The minimum Gasteiger partial charge on any atom is -0.499 e. The molecule has 0 aliphatic carbocycles. The summed E-state index contributed by atoms with van der Waals surface area (Å²) in [6, 6.07) is 12.2. The molecule has 3 aliphatic rings. The van der Waals surface area contributed by atoms with Crippen LogP contribution in [-0.4, -0.2) is 96.0 Å². The Bertz CT molecular complexity index is 1440. The van der Waals surface area contributed by atoms with Gasteiger partial charge in [-0.15, -0.1) is 0 Å². The first-order chi connectivity index (χ1) is 19.1. The number of hydrogen-bond acceptors (Lipinski definition) is 7. The molecular formula is C30H34N6O3. The van der Waals surface area contributed by atoms with Gasteiger partial charge in [-0.2, -0.15) is 5.10 Å². The van der Waals surface area contributed by atoms with Crippen molar-refractivity contribution in [1.29, 1.82) is 5.41 Å². The van der Waals surface area contributed by atoms with E-state index in [0.29, 0.717) is 31.7 Å². The lowest BCUT2D eigenvalue weighted by Crippen LogP contribution is -2.43. The SMILES string of the molecule is CN1CCN(Cc2ccc3c(c2)OC2CCN(CCOC=C(C=N)c4ccc5n[nH]c(c5c4)/C=C/3)C2=O)CC1. The number of amides is 1. The lowest BCUT2D eigenvalue weighted by atomic mass is 10.0. The molecule has 1 amide bonds. The second-order valence-electron chi connectivity index (χ2n) is 10.5. The number of carbonyl (C=O) groups is 1. The minimum atomic E-state index is -0.520. The lowest BCUT2D eigenvalue weighted by molar-refractivity contribution is -0.133. The zero-order valence-electron chi connectivity index (χ0n) is 22.2. The highest BCUT2D eigenvalue weighted by atomic mass is 16.5. The van der Waals surface area contributed by atoms with E-state index in [1.807, 2.05) is 30.4 Å². The molecule has 39 heavy (non-hydrogen) atoms. The predicted molar refractivity (Wildman–Crippen MR) is 153 cm³/mol. The van der Waals surface area contributed by atoms with Crippen LogP contribution < -0.4 is 4.74 Å². The third kappa shape index (κ3) is 5.46. The average molecular weight is 527 g/mol. The third-order valence-electron chi connectivity index (χ3n) is 7.79. The Hall–Kier alpha value is -3.95. The molecule has 9 nitrogen and oxygen atoms in total. The maximum absolute atomic E-state index is 13.2. The van der Waals surface area contributed by atoms with Crippen LogP contribution in [0.1, 0.15) is 28.8 Å².